The highest BCUT2D eigenvalue weighted by molar-refractivity contribution is 5.79. The van der Waals surface area contributed by atoms with Crippen molar-refractivity contribution in [3.8, 4) is 0 Å². The molecule has 0 aromatic heterocycles. The molecular weight excluding hydrogens is 208 g/mol. The minimum absolute atomic E-state index is 0.466. The Hall–Kier alpha value is -0.590. The van der Waals surface area contributed by atoms with Crippen molar-refractivity contribution < 1.29 is 4.79 Å². The summed E-state index contributed by atoms with van der Waals surface area (Å²) in [6.07, 6.45) is 10.7. The molecule has 3 rings (SSSR count). The Morgan fingerprint density at radius 1 is 1.24 bits per heavy atom. The highest BCUT2D eigenvalue weighted by Crippen LogP contribution is 2.57. The zero-order valence-electron chi connectivity index (χ0n) is 11.2. The van der Waals surface area contributed by atoms with Crippen LogP contribution in [0.1, 0.15) is 58.8 Å². The van der Waals surface area contributed by atoms with E-state index in [1.807, 2.05) is 0 Å². The van der Waals surface area contributed by atoms with Crippen LogP contribution in [0, 0.1) is 23.2 Å². The number of Topliss-reactive ketones (excluding diaryl/α,β-unsaturated/α-hetero) is 1. The Balaban J connectivity index is 1.88. The molecule has 2 saturated carbocycles. The van der Waals surface area contributed by atoms with Crippen molar-refractivity contribution in [1.29, 1.82) is 0 Å². The van der Waals surface area contributed by atoms with Gasteiger partial charge in [0.1, 0.15) is 5.78 Å². The minimum atomic E-state index is 0.466. The summed E-state index contributed by atoms with van der Waals surface area (Å²) >= 11 is 0. The fourth-order valence-corrected chi connectivity index (χ4v) is 4.80. The number of carbonyl (C=O) groups excluding carboxylic acids is 1. The van der Waals surface area contributed by atoms with Crippen LogP contribution in [-0.4, -0.2) is 5.78 Å². The number of fused-ring (bicyclic) bond motifs is 3. The van der Waals surface area contributed by atoms with Crippen molar-refractivity contribution in [2.24, 2.45) is 23.2 Å². The van der Waals surface area contributed by atoms with E-state index in [1.54, 1.807) is 5.57 Å². The largest absolute Gasteiger partial charge is 0.300 e. The number of carbonyl (C=O) groups is 1. The van der Waals surface area contributed by atoms with Gasteiger partial charge in [-0.25, -0.2) is 0 Å². The normalized spacial score (nSPS) is 45.9. The lowest BCUT2D eigenvalue weighted by atomic mass is 9.50. The van der Waals surface area contributed by atoms with Crippen LogP contribution in [0.2, 0.25) is 0 Å². The summed E-state index contributed by atoms with van der Waals surface area (Å²) in [5, 5.41) is 0. The Morgan fingerprint density at radius 2 is 2.06 bits per heavy atom. The maximum atomic E-state index is 11.7. The molecule has 1 heteroatoms. The summed E-state index contributed by atoms with van der Waals surface area (Å²) in [5.74, 6) is 2.89. The molecule has 0 saturated heterocycles. The van der Waals surface area contributed by atoms with E-state index in [4.69, 9.17) is 0 Å². The quantitative estimate of drug-likeness (QED) is 0.574. The van der Waals surface area contributed by atoms with Gasteiger partial charge in [0, 0.05) is 12.8 Å². The molecule has 0 heterocycles. The van der Waals surface area contributed by atoms with Gasteiger partial charge < -0.3 is 0 Å². The molecule has 0 spiro atoms. The molecule has 17 heavy (non-hydrogen) atoms. The van der Waals surface area contributed by atoms with E-state index in [0.717, 1.165) is 31.1 Å². The van der Waals surface area contributed by atoms with Crippen LogP contribution in [0.4, 0.5) is 0 Å². The highest BCUT2D eigenvalue weighted by atomic mass is 16.1. The van der Waals surface area contributed by atoms with Crippen molar-refractivity contribution >= 4 is 5.78 Å². The average molecular weight is 232 g/mol. The standard InChI is InChI=1S/C16H24O/c1-11-3-6-15-12(9-11)4-5-13-10-14(17)7-8-16(13,15)2/h9,12-13,15H,3-8,10H2,1-2H3/t12-,13+,15-,16-/m0/s1. The third-order valence-corrected chi connectivity index (χ3v) is 5.91. The van der Waals surface area contributed by atoms with E-state index < -0.39 is 0 Å². The molecule has 3 aliphatic rings. The van der Waals surface area contributed by atoms with Gasteiger partial charge >= 0.3 is 0 Å². The molecule has 1 nitrogen and oxygen atoms in total. The van der Waals surface area contributed by atoms with Crippen molar-refractivity contribution in [2.75, 3.05) is 0 Å². The van der Waals surface area contributed by atoms with Gasteiger partial charge in [-0.15, -0.1) is 0 Å². The van der Waals surface area contributed by atoms with E-state index in [2.05, 4.69) is 19.9 Å². The summed E-state index contributed by atoms with van der Waals surface area (Å²) in [5.41, 5.74) is 2.06. The van der Waals surface area contributed by atoms with Crippen LogP contribution >= 0.6 is 0 Å². The first-order valence-electron chi connectivity index (χ1n) is 7.28. The molecular formula is C16H24O. The molecule has 4 atom stereocenters. The predicted octanol–water partition coefficient (Wildman–Crippen LogP) is 4.13. The average Bonchev–Trinajstić information content (AvgIpc) is 2.30. The van der Waals surface area contributed by atoms with Crippen molar-refractivity contribution in [1.82, 2.24) is 0 Å². The monoisotopic (exact) mass is 232 g/mol. The Labute approximate surface area is 105 Å². The van der Waals surface area contributed by atoms with Crippen molar-refractivity contribution in [2.45, 2.75) is 58.8 Å². The van der Waals surface area contributed by atoms with Crippen molar-refractivity contribution in [3.05, 3.63) is 11.6 Å². The van der Waals surface area contributed by atoms with E-state index in [1.165, 1.54) is 25.7 Å². The highest BCUT2D eigenvalue weighted by Gasteiger charge is 2.50. The van der Waals surface area contributed by atoms with Crippen LogP contribution in [0.15, 0.2) is 11.6 Å². The third kappa shape index (κ3) is 1.78. The zero-order valence-corrected chi connectivity index (χ0v) is 11.2. The lowest BCUT2D eigenvalue weighted by Gasteiger charge is -2.54. The SMILES string of the molecule is CC1=C[C@@H]2CC[C@@H]3CC(=O)CC[C@]3(C)[C@H]2CC1. The molecule has 0 bridgehead atoms. The van der Waals surface area contributed by atoms with E-state index in [9.17, 15) is 4.79 Å². The van der Waals surface area contributed by atoms with Gasteiger partial charge in [-0.05, 0) is 62.2 Å². The van der Waals surface area contributed by atoms with Crippen LogP contribution < -0.4 is 0 Å². The molecule has 0 aromatic carbocycles. The summed E-state index contributed by atoms with van der Waals surface area (Å²) < 4.78 is 0. The van der Waals surface area contributed by atoms with Gasteiger partial charge in [-0.3, -0.25) is 4.79 Å². The lowest BCUT2D eigenvalue weighted by molar-refractivity contribution is -0.129. The number of hydrogen-bond acceptors (Lipinski definition) is 1. The smallest absolute Gasteiger partial charge is 0.133 e. The molecule has 0 aliphatic heterocycles. The topological polar surface area (TPSA) is 17.1 Å². The van der Waals surface area contributed by atoms with Gasteiger partial charge in [0.2, 0.25) is 0 Å². The molecule has 0 N–H and O–H groups in total. The van der Waals surface area contributed by atoms with Crippen molar-refractivity contribution in [3.63, 3.8) is 0 Å². The van der Waals surface area contributed by atoms with Crippen LogP contribution in [0.5, 0.6) is 0 Å². The molecule has 94 valence electrons. The Bertz CT molecular complexity index is 368. The number of ketones is 1. The number of allylic oxidation sites excluding steroid dienone is 2. The molecule has 0 amide bonds. The van der Waals surface area contributed by atoms with Gasteiger partial charge in [-0.2, -0.15) is 0 Å². The first kappa shape index (κ1) is 11.5. The fraction of sp³-hybridized carbons (Fsp3) is 0.812. The molecule has 2 fully saturated rings. The van der Waals surface area contributed by atoms with Gasteiger partial charge in [0.25, 0.3) is 0 Å². The summed E-state index contributed by atoms with van der Waals surface area (Å²) in [6.45, 7) is 4.77. The number of rotatable bonds is 0. The van der Waals surface area contributed by atoms with Gasteiger partial charge in [0.15, 0.2) is 0 Å². The maximum Gasteiger partial charge on any atom is 0.133 e. The molecule has 0 unspecified atom stereocenters. The molecule has 0 radical (unpaired) electrons. The third-order valence-electron chi connectivity index (χ3n) is 5.91. The van der Waals surface area contributed by atoms with Crippen LogP contribution in [0.25, 0.3) is 0 Å². The Morgan fingerprint density at radius 3 is 2.88 bits per heavy atom. The van der Waals surface area contributed by atoms with Crippen LogP contribution in [-0.2, 0) is 4.79 Å². The second-order valence-electron chi connectivity index (χ2n) is 6.84. The first-order valence-corrected chi connectivity index (χ1v) is 7.28. The van der Waals surface area contributed by atoms with Gasteiger partial charge in [0.05, 0.1) is 0 Å². The molecule has 3 aliphatic carbocycles. The lowest BCUT2D eigenvalue weighted by Crippen LogP contribution is -2.47. The Kier molecular flexibility index (Phi) is 2.68. The summed E-state index contributed by atoms with van der Waals surface area (Å²) in [4.78, 5) is 11.7. The second-order valence-corrected chi connectivity index (χ2v) is 6.84. The van der Waals surface area contributed by atoms with E-state index >= 15 is 0 Å². The van der Waals surface area contributed by atoms with Crippen LogP contribution in [0.3, 0.4) is 0 Å². The van der Waals surface area contributed by atoms with Gasteiger partial charge in [-0.1, -0.05) is 18.6 Å². The first-order chi connectivity index (χ1) is 8.09. The fourth-order valence-electron chi connectivity index (χ4n) is 4.80. The maximum absolute atomic E-state index is 11.7. The second kappa shape index (κ2) is 3.96. The number of hydrogen-bond donors (Lipinski definition) is 0. The summed E-state index contributed by atoms with van der Waals surface area (Å²) in [7, 11) is 0. The predicted molar refractivity (Wildman–Crippen MR) is 69.7 cm³/mol. The summed E-state index contributed by atoms with van der Waals surface area (Å²) in [6, 6.07) is 0. The van der Waals surface area contributed by atoms with E-state index in [-0.39, 0.29) is 0 Å². The molecule has 0 aromatic rings. The van der Waals surface area contributed by atoms with E-state index in [0.29, 0.717) is 17.1 Å². The minimum Gasteiger partial charge on any atom is -0.300 e. The zero-order chi connectivity index (χ0) is 12.0.